The Hall–Kier alpha value is -2.15. The van der Waals surface area contributed by atoms with Gasteiger partial charge in [-0.25, -0.2) is 14.8 Å². The minimum atomic E-state index is -0.539. The summed E-state index contributed by atoms with van der Waals surface area (Å²) in [4.78, 5) is 33.4. The Labute approximate surface area is 132 Å². The average Bonchev–Trinajstić information content (AvgIpc) is 2.48. The fourth-order valence-corrected chi connectivity index (χ4v) is 2.70. The van der Waals surface area contributed by atoms with Crippen LogP contribution < -0.4 is 5.56 Å². The van der Waals surface area contributed by atoms with Crippen molar-refractivity contribution >= 4 is 28.8 Å². The van der Waals surface area contributed by atoms with E-state index in [0.717, 1.165) is 0 Å². The first-order valence-electron chi connectivity index (χ1n) is 6.78. The van der Waals surface area contributed by atoms with Gasteiger partial charge in [0.2, 0.25) is 0 Å². The summed E-state index contributed by atoms with van der Waals surface area (Å²) < 4.78 is 6.43. The molecule has 0 N–H and O–H groups in total. The van der Waals surface area contributed by atoms with Gasteiger partial charge in [0, 0.05) is 18.5 Å². The third-order valence-corrected chi connectivity index (χ3v) is 3.99. The Balaban J connectivity index is 2.74. The van der Waals surface area contributed by atoms with Crippen molar-refractivity contribution in [3.05, 3.63) is 40.3 Å². The monoisotopic (exact) mass is 319 g/mol. The Morgan fingerprint density at radius 1 is 1.50 bits per heavy atom. The van der Waals surface area contributed by atoms with E-state index in [1.165, 1.54) is 16.3 Å². The van der Waals surface area contributed by atoms with Crippen molar-refractivity contribution in [3.8, 4) is 0 Å². The van der Waals surface area contributed by atoms with Crippen LogP contribution in [0, 0.1) is 6.92 Å². The van der Waals surface area contributed by atoms with Crippen LogP contribution in [-0.2, 0) is 11.8 Å². The fraction of sp³-hybridized carbons (Fsp3) is 0.333. The Kier molecular flexibility index (Phi) is 4.97. The van der Waals surface area contributed by atoms with E-state index in [9.17, 15) is 9.59 Å². The number of thioether (sulfide) groups is 1. The van der Waals surface area contributed by atoms with Gasteiger partial charge < -0.3 is 4.74 Å². The molecule has 116 valence electrons. The van der Waals surface area contributed by atoms with E-state index < -0.39 is 5.97 Å². The molecule has 0 atom stereocenters. The number of aryl methyl sites for hydroxylation is 1. The van der Waals surface area contributed by atoms with E-state index in [4.69, 9.17) is 4.74 Å². The molecule has 0 bridgehead atoms. The van der Waals surface area contributed by atoms with Gasteiger partial charge in [0.1, 0.15) is 0 Å². The second kappa shape index (κ2) is 6.74. The number of rotatable bonds is 5. The quantitative estimate of drug-likeness (QED) is 0.364. The van der Waals surface area contributed by atoms with Crippen LogP contribution in [0.1, 0.15) is 23.0 Å². The molecule has 0 saturated carbocycles. The molecule has 0 spiro atoms. The first-order valence-corrected chi connectivity index (χ1v) is 7.77. The molecule has 2 aromatic rings. The summed E-state index contributed by atoms with van der Waals surface area (Å²) in [6, 6.07) is 1.56. The molecule has 2 heterocycles. The van der Waals surface area contributed by atoms with Gasteiger partial charge in [-0.05, 0) is 19.9 Å². The number of aromatic nitrogens is 3. The molecule has 0 amide bonds. The molecule has 22 heavy (non-hydrogen) atoms. The number of hydrogen-bond donors (Lipinski definition) is 0. The van der Waals surface area contributed by atoms with Crippen molar-refractivity contribution < 1.29 is 9.53 Å². The summed E-state index contributed by atoms with van der Waals surface area (Å²) in [6.07, 6.45) is 1.73. The number of carbonyl (C=O) groups is 1. The second-order valence-corrected chi connectivity index (χ2v) is 5.58. The molecule has 0 aromatic carbocycles. The van der Waals surface area contributed by atoms with Crippen molar-refractivity contribution in [2.75, 3.05) is 12.4 Å². The summed E-state index contributed by atoms with van der Waals surface area (Å²) in [6.45, 7) is 7.35. The Morgan fingerprint density at radius 2 is 2.23 bits per heavy atom. The van der Waals surface area contributed by atoms with E-state index in [1.54, 1.807) is 33.0 Å². The lowest BCUT2D eigenvalue weighted by atomic mass is 10.1. The van der Waals surface area contributed by atoms with Crippen molar-refractivity contribution in [1.29, 1.82) is 0 Å². The summed E-state index contributed by atoms with van der Waals surface area (Å²) in [5.41, 5.74) is 0.763. The van der Waals surface area contributed by atoms with Crippen LogP contribution in [0.15, 0.2) is 28.7 Å². The van der Waals surface area contributed by atoms with Crippen LogP contribution in [0.4, 0.5) is 0 Å². The molecule has 2 rings (SSSR count). The lowest BCUT2D eigenvalue weighted by Crippen LogP contribution is -2.23. The van der Waals surface area contributed by atoms with E-state index in [2.05, 4.69) is 16.5 Å². The molecule has 0 unspecified atom stereocenters. The number of fused-ring (bicyclic) bond motifs is 1. The van der Waals surface area contributed by atoms with Crippen LogP contribution in [0.5, 0.6) is 0 Å². The molecule has 0 radical (unpaired) electrons. The van der Waals surface area contributed by atoms with Crippen LogP contribution in [0.3, 0.4) is 0 Å². The van der Waals surface area contributed by atoms with Crippen molar-refractivity contribution in [1.82, 2.24) is 14.5 Å². The topological polar surface area (TPSA) is 74.1 Å². The summed E-state index contributed by atoms with van der Waals surface area (Å²) >= 11 is 1.38. The van der Waals surface area contributed by atoms with E-state index in [-0.39, 0.29) is 28.8 Å². The molecule has 7 heteroatoms. The van der Waals surface area contributed by atoms with Crippen LogP contribution in [-0.4, -0.2) is 32.9 Å². The third-order valence-electron chi connectivity index (χ3n) is 2.96. The Morgan fingerprint density at radius 3 is 2.86 bits per heavy atom. The zero-order chi connectivity index (χ0) is 16.3. The van der Waals surface area contributed by atoms with Crippen molar-refractivity contribution in [2.45, 2.75) is 19.0 Å². The number of ether oxygens (including phenoxy) is 1. The molecule has 0 saturated heterocycles. The number of carbonyl (C=O) groups excluding carboxylic acids is 1. The molecule has 0 aliphatic rings. The minimum absolute atomic E-state index is 0.189. The van der Waals surface area contributed by atoms with Gasteiger partial charge in [0.25, 0.3) is 5.56 Å². The van der Waals surface area contributed by atoms with Gasteiger partial charge >= 0.3 is 5.97 Å². The van der Waals surface area contributed by atoms with E-state index in [1.807, 2.05) is 0 Å². The van der Waals surface area contributed by atoms with Gasteiger partial charge in [0.05, 0.1) is 17.6 Å². The highest BCUT2D eigenvalue weighted by Gasteiger charge is 2.19. The van der Waals surface area contributed by atoms with Crippen molar-refractivity contribution in [2.24, 2.45) is 7.05 Å². The van der Waals surface area contributed by atoms with Gasteiger partial charge in [-0.2, -0.15) is 0 Å². The maximum Gasteiger partial charge on any atom is 0.339 e. The second-order valence-electron chi connectivity index (χ2n) is 4.59. The normalized spacial score (nSPS) is 10.7. The summed E-state index contributed by atoms with van der Waals surface area (Å²) in [5, 5.41) is 0.722. The predicted octanol–water partition coefficient (Wildman–Crippen LogP) is 2.09. The zero-order valence-corrected chi connectivity index (χ0v) is 13.6. The largest absolute Gasteiger partial charge is 0.462 e. The predicted molar refractivity (Wildman–Crippen MR) is 86.4 cm³/mol. The van der Waals surface area contributed by atoms with Crippen LogP contribution >= 0.6 is 11.8 Å². The number of esters is 1. The molecule has 0 aliphatic heterocycles. The third kappa shape index (κ3) is 3.04. The first-order chi connectivity index (χ1) is 10.5. The standard InChI is InChI=1S/C15H17N3O3S/c1-5-7-22-15-17-12-11(13(19)18(15)4)10(8-9(3)16-12)14(20)21-6-2/h5,8H,1,6-7H2,2-4H3. The Bertz CT molecular complexity index is 799. The zero-order valence-electron chi connectivity index (χ0n) is 12.8. The SMILES string of the molecule is C=CCSc1nc2nc(C)cc(C(=O)OCC)c2c(=O)n1C. The molecule has 0 aliphatic carbocycles. The van der Waals surface area contributed by atoms with Gasteiger partial charge in [-0.3, -0.25) is 9.36 Å². The maximum absolute atomic E-state index is 12.6. The molecular formula is C15H17N3O3S. The summed E-state index contributed by atoms with van der Waals surface area (Å²) in [7, 11) is 1.62. The lowest BCUT2D eigenvalue weighted by Gasteiger charge is -2.10. The highest BCUT2D eigenvalue weighted by Crippen LogP contribution is 2.19. The highest BCUT2D eigenvalue weighted by molar-refractivity contribution is 7.99. The fourth-order valence-electron chi connectivity index (χ4n) is 2.00. The highest BCUT2D eigenvalue weighted by atomic mass is 32.2. The molecular weight excluding hydrogens is 302 g/mol. The van der Waals surface area contributed by atoms with Crippen LogP contribution in [0.25, 0.3) is 11.0 Å². The van der Waals surface area contributed by atoms with Gasteiger partial charge in [0.15, 0.2) is 10.8 Å². The van der Waals surface area contributed by atoms with Crippen LogP contribution in [0.2, 0.25) is 0 Å². The minimum Gasteiger partial charge on any atom is -0.462 e. The number of pyridine rings is 1. The van der Waals surface area contributed by atoms with Gasteiger partial charge in [-0.1, -0.05) is 17.8 Å². The smallest absolute Gasteiger partial charge is 0.339 e. The van der Waals surface area contributed by atoms with Crippen molar-refractivity contribution in [3.63, 3.8) is 0 Å². The lowest BCUT2D eigenvalue weighted by molar-refractivity contribution is 0.0528. The van der Waals surface area contributed by atoms with E-state index >= 15 is 0 Å². The van der Waals surface area contributed by atoms with E-state index in [0.29, 0.717) is 16.6 Å². The van der Waals surface area contributed by atoms with Gasteiger partial charge in [-0.15, -0.1) is 6.58 Å². The average molecular weight is 319 g/mol. The number of hydrogen-bond acceptors (Lipinski definition) is 6. The first kappa shape index (κ1) is 16.2. The maximum atomic E-state index is 12.6. The molecule has 0 fully saturated rings. The summed E-state index contributed by atoms with van der Waals surface area (Å²) in [5.74, 6) is 0.0888. The molecule has 6 nitrogen and oxygen atoms in total. The number of nitrogens with zero attached hydrogens (tertiary/aromatic N) is 3. The molecule has 2 aromatic heterocycles.